The number of esters is 1. The summed E-state index contributed by atoms with van der Waals surface area (Å²) in [6.45, 7) is 5.94. The van der Waals surface area contributed by atoms with Crippen molar-refractivity contribution in [3.63, 3.8) is 0 Å². The van der Waals surface area contributed by atoms with Crippen LogP contribution in [0.1, 0.15) is 34.1 Å². The highest BCUT2D eigenvalue weighted by Crippen LogP contribution is 2.23. The fraction of sp³-hybridized carbons (Fsp3) is 0.333. The van der Waals surface area contributed by atoms with Crippen molar-refractivity contribution in [2.75, 3.05) is 11.9 Å². The van der Waals surface area contributed by atoms with E-state index in [9.17, 15) is 9.59 Å². The highest BCUT2D eigenvalue weighted by atomic mass is 16.5. The van der Waals surface area contributed by atoms with Gasteiger partial charge < -0.3 is 14.6 Å². The molecule has 3 rings (SSSR count). The Morgan fingerprint density at radius 3 is 2.73 bits per heavy atom. The molecule has 0 bridgehead atoms. The molecule has 0 atom stereocenters. The van der Waals surface area contributed by atoms with Gasteiger partial charge in [-0.2, -0.15) is 5.10 Å². The molecule has 1 aromatic carbocycles. The Balaban J connectivity index is 1.81. The molecule has 136 valence electrons. The molecule has 8 nitrogen and oxygen atoms in total. The van der Waals surface area contributed by atoms with Gasteiger partial charge in [0.25, 0.3) is 0 Å². The number of carbonyl (C=O) groups is 2. The van der Waals surface area contributed by atoms with Crippen LogP contribution in [0.25, 0.3) is 11.0 Å². The molecule has 2 aromatic heterocycles. The van der Waals surface area contributed by atoms with Gasteiger partial charge in [0, 0.05) is 12.4 Å². The minimum absolute atomic E-state index is 0.0168. The maximum absolute atomic E-state index is 12.5. The quantitative estimate of drug-likeness (QED) is 0.705. The number of hydrogen-bond donors (Lipinski definition) is 1. The van der Waals surface area contributed by atoms with Crippen LogP contribution in [0.4, 0.5) is 5.82 Å². The molecular formula is C18H20N4O4. The molecule has 0 radical (unpaired) electrons. The number of rotatable bonds is 5. The van der Waals surface area contributed by atoms with Crippen LogP contribution < -0.4 is 5.32 Å². The largest absolute Gasteiger partial charge is 0.462 e. The van der Waals surface area contributed by atoms with Crippen molar-refractivity contribution in [1.29, 1.82) is 0 Å². The lowest BCUT2D eigenvalue weighted by molar-refractivity contribution is -0.115. The summed E-state index contributed by atoms with van der Waals surface area (Å²) in [7, 11) is 1.63. The summed E-state index contributed by atoms with van der Waals surface area (Å²) in [5, 5.41) is 11.5. The van der Waals surface area contributed by atoms with Crippen molar-refractivity contribution in [3.8, 4) is 0 Å². The number of nitrogens with one attached hydrogen (secondary N) is 1. The highest BCUT2D eigenvalue weighted by Gasteiger charge is 2.20. The third kappa shape index (κ3) is 3.30. The van der Waals surface area contributed by atoms with E-state index in [1.165, 1.54) is 10.9 Å². The third-order valence-electron chi connectivity index (χ3n) is 4.18. The van der Waals surface area contributed by atoms with Crippen LogP contribution in [-0.4, -0.2) is 33.4 Å². The van der Waals surface area contributed by atoms with Gasteiger partial charge >= 0.3 is 5.97 Å². The van der Waals surface area contributed by atoms with Crippen molar-refractivity contribution in [3.05, 3.63) is 40.7 Å². The minimum atomic E-state index is -0.533. The fourth-order valence-corrected chi connectivity index (χ4v) is 2.64. The Bertz CT molecular complexity index is 987. The highest BCUT2D eigenvalue weighted by molar-refractivity contribution is 6.01. The number of benzene rings is 1. The van der Waals surface area contributed by atoms with Gasteiger partial charge in [-0.1, -0.05) is 5.16 Å². The van der Waals surface area contributed by atoms with Gasteiger partial charge in [0.05, 0.1) is 19.2 Å². The van der Waals surface area contributed by atoms with Crippen LogP contribution in [0.15, 0.2) is 22.9 Å². The first-order chi connectivity index (χ1) is 12.4. The average Bonchev–Trinajstić information content (AvgIpc) is 3.13. The van der Waals surface area contributed by atoms with E-state index in [0.29, 0.717) is 11.3 Å². The van der Waals surface area contributed by atoms with E-state index in [0.717, 1.165) is 16.5 Å². The van der Waals surface area contributed by atoms with E-state index in [1.54, 1.807) is 14.0 Å². The van der Waals surface area contributed by atoms with E-state index < -0.39 is 5.97 Å². The Labute approximate surface area is 150 Å². The number of hydrogen-bond acceptors (Lipinski definition) is 6. The molecule has 1 amide bonds. The lowest BCUT2D eigenvalue weighted by atomic mass is 10.1. The van der Waals surface area contributed by atoms with Crippen molar-refractivity contribution in [2.24, 2.45) is 7.05 Å². The van der Waals surface area contributed by atoms with Crippen molar-refractivity contribution in [2.45, 2.75) is 27.2 Å². The average molecular weight is 356 g/mol. The van der Waals surface area contributed by atoms with Crippen LogP contribution in [0.5, 0.6) is 0 Å². The van der Waals surface area contributed by atoms with Crippen LogP contribution in [0.3, 0.4) is 0 Å². The van der Waals surface area contributed by atoms with Crippen LogP contribution in [-0.2, 0) is 23.0 Å². The Hall–Kier alpha value is -3.16. The first-order valence-electron chi connectivity index (χ1n) is 8.25. The number of aryl methyl sites for hydroxylation is 3. The molecule has 0 unspecified atom stereocenters. The summed E-state index contributed by atoms with van der Waals surface area (Å²) >= 11 is 0. The second kappa shape index (κ2) is 6.99. The van der Waals surface area contributed by atoms with Crippen LogP contribution in [0, 0.1) is 13.8 Å². The predicted octanol–water partition coefficient (Wildman–Crippen LogP) is 2.54. The normalized spacial score (nSPS) is 10.9. The number of carbonyl (C=O) groups excluding carboxylic acids is 2. The summed E-state index contributed by atoms with van der Waals surface area (Å²) in [5.41, 5.74) is 3.58. The maximum Gasteiger partial charge on any atom is 0.343 e. The number of ether oxygens (including phenoxy) is 1. The molecule has 0 saturated heterocycles. The molecule has 0 aliphatic rings. The lowest BCUT2D eigenvalue weighted by Gasteiger charge is -2.07. The van der Waals surface area contributed by atoms with Gasteiger partial charge in [0.15, 0.2) is 5.58 Å². The smallest absolute Gasteiger partial charge is 0.343 e. The summed E-state index contributed by atoms with van der Waals surface area (Å²) in [4.78, 5) is 24.4. The third-order valence-corrected chi connectivity index (χ3v) is 4.18. The van der Waals surface area contributed by atoms with Gasteiger partial charge in [0.1, 0.15) is 17.1 Å². The van der Waals surface area contributed by atoms with E-state index in [2.05, 4.69) is 15.6 Å². The van der Waals surface area contributed by atoms with E-state index >= 15 is 0 Å². The second-order valence-corrected chi connectivity index (χ2v) is 6.04. The van der Waals surface area contributed by atoms with Gasteiger partial charge in [-0.15, -0.1) is 0 Å². The number of nitrogens with zero attached hydrogens (tertiary/aromatic N) is 3. The first kappa shape index (κ1) is 17.7. The topological polar surface area (TPSA) is 99.2 Å². The number of aromatic nitrogens is 3. The Morgan fingerprint density at radius 2 is 2.00 bits per heavy atom. The minimum Gasteiger partial charge on any atom is -0.462 e. The van der Waals surface area contributed by atoms with E-state index in [4.69, 9.17) is 9.26 Å². The van der Waals surface area contributed by atoms with Gasteiger partial charge in [-0.05, 0) is 44.0 Å². The first-order valence-corrected chi connectivity index (χ1v) is 8.25. The van der Waals surface area contributed by atoms with E-state index in [-0.39, 0.29) is 30.3 Å². The standard InChI is InChI=1S/C18H20N4O4/c1-5-25-18(24)13-9-19-22(4)17(13)20-16(23)8-14-12-6-10(2)11(3)7-15(12)26-21-14/h6-7,9H,5,8H2,1-4H3,(H,20,23). The molecule has 0 saturated carbocycles. The molecule has 3 aromatic rings. The van der Waals surface area contributed by atoms with Crippen molar-refractivity contribution >= 4 is 28.7 Å². The van der Waals surface area contributed by atoms with Crippen molar-refractivity contribution < 1.29 is 18.8 Å². The Kier molecular flexibility index (Phi) is 4.75. The summed E-state index contributed by atoms with van der Waals surface area (Å²) in [6.07, 6.45) is 1.38. The zero-order valence-corrected chi connectivity index (χ0v) is 15.1. The molecular weight excluding hydrogens is 336 g/mol. The molecule has 0 aliphatic carbocycles. The molecule has 26 heavy (non-hydrogen) atoms. The van der Waals surface area contributed by atoms with Crippen molar-refractivity contribution in [1.82, 2.24) is 14.9 Å². The van der Waals surface area contributed by atoms with Crippen LogP contribution >= 0.6 is 0 Å². The molecule has 2 heterocycles. The van der Waals surface area contributed by atoms with Gasteiger partial charge in [-0.3, -0.25) is 9.48 Å². The number of anilines is 1. The van der Waals surface area contributed by atoms with Crippen LogP contribution in [0.2, 0.25) is 0 Å². The maximum atomic E-state index is 12.5. The predicted molar refractivity (Wildman–Crippen MR) is 95.0 cm³/mol. The fourth-order valence-electron chi connectivity index (χ4n) is 2.64. The second-order valence-electron chi connectivity index (χ2n) is 6.04. The number of amides is 1. The zero-order chi connectivity index (χ0) is 18.8. The summed E-state index contributed by atoms with van der Waals surface area (Å²) in [5.74, 6) is -0.574. The summed E-state index contributed by atoms with van der Waals surface area (Å²) in [6, 6.07) is 3.86. The Morgan fingerprint density at radius 1 is 1.27 bits per heavy atom. The monoisotopic (exact) mass is 356 g/mol. The zero-order valence-electron chi connectivity index (χ0n) is 15.1. The molecule has 0 fully saturated rings. The number of fused-ring (bicyclic) bond motifs is 1. The molecule has 8 heteroatoms. The molecule has 0 aliphatic heterocycles. The van der Waals surface area contributed by atoms with Gasteiger partial charge in [-0.25, -0.2) is 4.79 Å². The summed E-state index contributed by atoms with van der Waals surface area (Å²) < 4.78 is 11.7. The van der Waals surface area contributed by atoms with E-state index in [1.807, 2.05) is 26.0 Å². The molecule has 1 N–H and O–H groups in total. The molecule has 0 spiro atoms. The lowest BCUT2D eigenvalue weighted by Crippen LogP contribution is -2.19. The SMILES string of the molecule is CCOC(=O)c1cnn(C)c1NC(=O)Cc1noc2cc(C)c(C)cc12. The van der Waals surface area contributed by atoms with Gasteiger partial charge in [0.2, 0.25) is 5.91 Å².